The molecule has 0 aromatic carbocycles. The molecule has 0 radical (unpaired) electrons. The maximum atomic E-state index is 12.9. The molecule has 1 aliphatic carbocycles. The Balaban J connectivity index is 2.30. The van der Waals surface area contributed by atoms with E-state index in [0.717, 1.165) is 0 Å². The monoisotopic (exact) mass is 309 g/mol. The van der Waals surface area contributed by atoms with Crippen molar-refractivity contribution in [2.75, 3.05) is 6.54 Å². The van der Waals surface area contributed by atoms with Gasteiger partial charge in [0.1, 0.15) is 0 Å². The summed E-state index contributed by atoms with van der Waals surface area (Å²) in [5, 5.41) is 4.89. The van der Waals surface area contributed by atoms with Gasteiger partial charge in [-0.1, -0.05) is 12.8 Å². The van der Waals surface area contributed by atoms with Crippen LogP contribution < -0.4 is 16.4 Å². The van der Waals surface area contributed by atoms with Crippen molar-refractivity contribution < 1.29 is 22.8 Å². The van der Waals surface area contributed by atoms with E-state index in [4.69, 9.17) is 5.73 Å². The number of hydrogen-bond donors (Lipinski definition) is 3. The van der Waals surface area contributed by atoms with Crippen LogP contribution in [0.25, 0.3) is 0 Å². The molecule has 0 spiro atoms. The van der Waals surface area contributed by atoms with E-state index in [1.54, 1.807) is 0 Å². The van der Waals surface area contributed by atoms with E-state index in [1.807, 2.05) is 0 Å². The van der Waals surface area contributed by atoms with Crippen molar-refractivity contribution >= 4 is 11.9 Å². The fraction of sp³-hybridized carbons (Fsp3) is 0.846. The molecule has 2 atom stereocenters. The lowest BCUT2D eigenvalue weighted by molar-refractivity contribution is -0.189. The highest BCUT2D eigenvalue weighted by Gasteiger charge is 2.45. The van der Waals surface area contributed by atoms with Crippen molar-refractivity contribution in [2.45, 2.75) is 57.2 Å². The van der Waals surface area contributed by atoms with Crippen LogP contribution in [0.15, 0.2) is 0 Å². The maximum Gasteiger partial charge on any atom is 0.393 e. The molecule has 0 saturated heterocycles. The molecule has 0 unspecified atom stereocenters. The number of hydrogen-bond acceptors (Lipinski definition) is 2. The molecule has 1 rings (SSSR count). The minimum absolute atomic E-state index is 0.0803. The number of amides is 3. The van der Waals surface area contributed by atoms with Gasteiger partial charge in [-0.2, -0.15) is 13.2 Å². The predicted octanol–water partition coefficient (Wildman–Crippen LogP) is 2.06. The topological polar surface area (TPSA) is 84.2 Å². The molecule has 0 bridgehead atoms. The summed E-state index contributed by atoms with van der Waals surface area (Å²) < 4.78 is 38.6. The van der Waals surface area contributed by atoms with E-state index in [1.165, 1.54) is 0 Å². The van der Waals surface area contributed by atoms with E-state index in [2.05, 4.69) is 10.6 Å². The highest BCUT2D eigenvalue weighted by Crippen LogP contribution is 2.37. The first-order valence-corrected chi connectivity index (χ1v) is 7.20. The van der Waals surface area contributed by atoms with Gasteiger partial charge in [0.05, 0.1) is 5.92 Å². The second-order valence-corrected chi connectivity index (χ2v) is 5.35. The van der Waals surface area contributed by atoms with E-state index >= 15 is 0 Å². The van der Waals surface area contributed by atoms with Crippen molar-refractivity contribution in [2.24, 2.45) is 11.7 Å². The average molecular weight is 309 g/mol. The summed E-state index contributed by atoms with van der Waals surface area (Å²) in [6, 6.07) is -1.44. The number of alkyl halides is 3. The Kier molecular flexibility index (Phi) is 6.77. The molecule has 8 heteroatoms. The Hall–Kier alpha value is -1.47. The number of nitrogens with one attached hydrogen (secondary N) is 2. The standard InChI is InChI=1S/C13H22F3N3O2/c14-13(15,16)9-5-1-2-6-10(9)19-11(20)7-3-4-8-18-12(17)21/h9-10H,1-8H2,(H,19,20)(H3,17,18,21)/t9-,10-/m0/s1. The number of carbonyl (C=O) groups is 2. The highest BCUT2D eigenvalue weighted by atomic mass is 19.4. The Morgan fingerprint density at radius 2 is 1.81 bits per heavy atom. The first kappa shape index (κ1) is 17.6. The normalized spacial score (nSPS) is 22.6. The van der Waals surface area contributed by atoms with Crippen LogP contribution >= 0.6 is 0 Å². The Morgan fingerprint density at radius 1 is 1.14 bits per heavy atom. The largest absolute Gasteiger partial charge is 0.393 e. The molecule has 122 valence electrons. The molecule has 0 aliphatic heterocycles. The second-order valence-electron chi connectivity index (χ2n) is 5.35. The van der Waals surface area contributed by atoms with Crippen molar-refractivity contribution in [1.82, 2.24) is 10.6 Å². The van der Waals surface area contributed by atoms with Gasteiger partial charge in [0.25, 0.3) is 0 Å². The van der Waals surface area contributed by atoms with Crippen LogP contribution in [-0.2, 0) is 4.79 Å². The molecule has 21 heavy (non-hydrogen) atoms. The summed E-state index contributed by atoms with van der Waals surface area (Å²) in [6.45, 7) is 0.358. The summed E-state index contributed by atoms with van der Waals surface area (Å²) in [7, 11) is 0. The fourth-order valence-electron chi connectivity index (χ4n) is 2.60. The number of carbonyl (C=O) groups excluding carboxylic acids is 2. The highest BCUT2D eigenvalue weighted by molar-refractivity contribution is 5.76. The van der Waals surface area contributed by atoms with Gasteiger partial charge in [0.2, 0.25) is 5.91 Å². The quantitative estimate of drug-likeness (QED) is 0.656. The minimum Gasteiger partial charge on any atom is -0.353 e. The number of unbranched alkanes of at least 4 members (excludes halogenated alkanes) is 1. The zero-order chi connectivity index (χ0) is 15.9. The molecule has 1 saturated carbocycles. The third kappa shape index (κ3) is 6.68. The lowest BCUT2D eigenvalue weighted by Crippen LogP contribution is -2.47. The molecule has 0 aromatic rings. The van der Waals surface area contributed by atoms with Crippen LogP contribution in [0.5, 0.6) is 0 Å². The first-order chi connectivity index (χ1) is 9.80. The first-order valence-electron chi connectivity index (χ1n) is 7.20. The van der Waals surface area contributed by atoms with Crippen molar-refractivity contribution in [3.05, 3.63) is 0 Å². The fourth-order valence-corrected chi connectivity index (χ4v) is 2.60. The predicted molar refractivity (Wildman–Crippen MR) is 71.4 cm³/mol. The average Bonchev–Trinajstić information content (AvgIpc) is 2.37. The Labute approximate surface area is 121 Å². The van der Waals surface area contributed by atoms with Gasteiger partial charge in [-0.05, 0) is 25.7 Å². The van der Waals surface area contributed by atoms with Crippen LogP contribution in [-0.4, -0.2) is 30.7 Å². The van der Waals surface area contributed by atoms with E-state index in [-0.39, 0.29) is 18.7 Å². The Morgan fingerprint density at radius 3 is 2.43 bits per heavy atom. The van der Waals surface area contributed by atoms with Crippen molar-refractivity contribution in [1.29, 1.82) is 0 Å². The van der Waals surface area contributed by atoms with Crippen molar-refractivity contribution in [3.8, 4) is 0 Å². The smallest absolute Gasteiger partial charge is 0.353 e. The number of rotatable bonds is 6. The summed E-state index contributed by atoms with van der Waals surface area (Å²) >= 11 is 0. The molecule has 4 N–H and O–H groups in total. The molecule has 1 fully saturated rings. The lowest BCUT2D eigenvalue weighted by atomic mass is 9.84. The molecule has 0 aromatic heterocycles. The van der Waals surface area contributed by atoms with Crippen molar-refractivity contribution in [3.63, 3.8) is 0 Å². The number of primary amides is 1. The molecule has 1 aliphatic rings. The summed E-state index contributed by atoms with van der Waals surface area (Å²) in [5.41, 5.74) is 4.88. The van der Waals surface area contributed by atoms with Gasteiger partial charge in [-0.15, -0.1) is 0 Å². The van der Waals surface area contributed by atoms with Crippen LogP contribution in [0.4, 0.5) is 18.0 Å². The molecule has 5 nitrogen and oxygen atoms in total. The molecular weight excluding hydrogens is 287 g/mol. The molecule has 0 heterocycles. The van der Waals surface area contributed by atoms with Gasteiger partial charge < -0.3 is 16.4 Å². The SMILES string of the molecule is NC(=O)NCCCCC(=O)N[C@H]1CCCC[C@@H]1C(F)(F)F. The van der Waals surface area contributed by atoms with Crippen LogP contribution in [0.2, 0.25) is 0 Å². The zero-order valence-corrected chi connectivity index (χ0v) is 11.8. The van der Waals surface area contributed by atoms with Crippen LogP contribution in [0.3, 0.4) is 0 Å². The number of nitrogens with two attached hydrogens (primary N) is 1. The second kappa shape index (κ2) is 8.09. The molecule has 3 amide bonds. The van der Waals surface area contributed by atoms with Crippen LogP contribution in [0.1, 0.15) is 44.9 Å². The summed E-state index contributed by atoms with van der Waals surface area (Å²) in [5.74, 6) is -1.80. The van der Waals surface area contributed by atoms with Gasteiger partial charge in [-0.3, -0.25) is 4.79 Å². The van der Waals surface area contributed by atoms with Gasteiger partial charge in [-0.25, -0.2) is 4.79 Å². The summed E-state index contributed by atoms with van der Waals surface area (Å²) in [6.07, 6.45) is -1.34. The third-order valence-corrected chi connectivity index (χ3v) is 3.66. The number of urea groups is 1. The molecular formula is C13H22F3N3O2. The van der Waals surface area contributed by atoms with E-state index < -0.39 is 24.2 Å². The van der Waals surface area contributed by atoms with E-state index in [0.29, 0.717) is 38.6 Å². The van der Waals surface area contributed by atoms with Gasteiger partial charge in [0.15, 0.2) is 0 Å². The number of halogens is 3. The van der Waals surface area contributed by atoms with Gasteiger partial charge in [0, 0.05) is 19.0 Å². The van der Waals surface area contributed by atoms with Crippen LogP contribution in [0, 0.1) is 5.92 Å². The lowest BCUT2D eigenvalue weighted by Gasteiger charge is -2.33. The zero-order valence-electron chi connectivity index (χ0n) is 11.8. The minimum atomic E-state index is -4.26. The third-order valence-electron chi connectivity index (χ3n) is 3.66. The van der Waals surface area contributed by atoms with E-state index in [9.17, 15) is 22.8 Å². The maximum absolute atomic E-state index is 12.9. The van der Waals surface area contributed by atoms with Gasteiger partial charge >= 0.3 is 12.2 Å². The Bertz CT molecular complexity index is 361. The summed E-state index contributed by atoms with van der Waals surface area (Å²) in [4.78, 5) is 22.1.